The zero-order valence-electron chi connectivity index (χ0n) is 26.0. The van der Waals surface area contributed by atoms with Crippen molar-refractivity contribution in [3.05, 3.63) is 0 Å². The first-order valence-electron chi connectivity index (χ1n) is 15.0. The van der Waals surface area contributed by atoms with Crippen LogP contribution in [0, 0.1) is 86.6 Å². The van der Waals surface area contributed by atoms with E-state index < -0.39 is 0 Å². The molecule has 0 aliphatic heterocycles. The maximum Gasteiger partial charge on any atom is -0.00206 e. The highest BCUT2D eigenvalue weighted by atomic mass is 15.4. The van der Waals surface area contributed by atoms with E-state index in [1.54, 1.807) is 0 Å². The van der Waals surface area contributed by atoms with E-state index in [1.165, 1.54) is 0 Å². The van der Waals surface area contributed by atoms with Crippen LogP contribution in [0.4, 0.5) is 0 Å². The molecule has 8 unspecified atom stereocenters. The molecule has 0 amide bonds. The average molecular weight is 463 g/mol. The van der Waals surface area contributed by atoms with Gasteiger partial charge in [-0.1, -0.05) is 125 Å². The van der Waals surface area contributed by atoms with Gasteiger partial charge in [-0.15, -0.1) is 0 Å². The SMILES string of the molecule is CC.CC1(C)C2(C)C3(C)C(C)(C)C4(C)C5(C)C(C)(C)C6(C)C7(C)C(C)(C)C8(C)C1(C)C21C34C56C871. The summed E-state index contributed by atoms with van der Waals surface area (Å²) in [7, 11) is 0. The minimum absolute atomic E-state index is 0.399. The van der Waals surface area contributed by atoms with E-state index in [2.05, 4.69) is 111 Å². The van der Waals surface area contributed by atoms with Gasteiger partial charge in [0.05, 0.1) is 0 Å². The van der Waals surface area contributed by atoms with E-state index in [0.717, 1.165) is 0 Å². The molecule has 0 aromatic carbocycles. The van der Waals surface area contributed by atoms with Crippen molar-refractivity contribution in [1.29, 1.82) is 0 Å². The maximum absolute atomic E-state index is 2.82. The Morgan fingerprint density at radius 1 is 0.206 bits per heavy atom. The Kier molecular flexibility index (Phi) is 2.38. The van der Waals surface area contributed by atoms with Crippen LogP contribution in [-0.4, -0.2) is 0 Å². The molecule has 0 aromatic heterocycles. The standard InChI is InChI=1S/C32H48.C2H6/c1-17(2)21(9)23(11)18(3,4)25(13)27(15)20(7,8)28(16)26(14)19(5,6)24(12)22(17,10)29(21)30(23,25)32(27,28)31(24,26)29;1-2/h1-16H3;1-2H3. The fraction of sp³-hybridized carbons (Fsp3) is 1.00. The van der Waals surface area contributed by atoms with E-state index in [-0.39, 0.29) is 0 Å². The summed E-state index contributed by atoms with van der Waals surface area (Å²) in [6, 6.07) is 0. The second-order valence-corrected chi connectivity index (χ2v) is 18.5. The third-order valence-electron chi connectivity index (χ3n) is 22.2. The van der Waals surface area contributed by atoms with Crippen molar-refractivity contribution in [1.82, 2.24) is 0 Å². The van der Waals surface area contributed by atoms with Crippen LogP contribution in [0.15, 0.2) is 0 Å². The van der Waals surface area contributed by atoms with Gasteiger partial charge >= 0.3 is 0 Å². The van der Waals surface area contributed by atoms with Crippen LogP contribution in [0.5, 0.6) is 0 Å². The zero-order valence-corrected chi connectivity index (χ0v) is 26.0. The quantitative estimate of drug-likeness (QED) is 0.336. The predicted molar refractivity (Wildman–Crippen MR) is 141 cm³/mol. The van der Waals surface area contributed by atoms with Crippen molar-refractivity contribution in [2.45, 2.75) is 125 Å². The van der Waals surface area contributed by atoms with E-state index in [4.69, 9.17) is 0 Å². The molecular weight excluding hydrogens is 408 g/mol. The first-order valence-corrected chi connectivity index (χ1v) is 15.0. The lowest BCUT2D eigenvalue weighted by molar-refractivity contribution is -0.975. The minimum atomic E-state index is 0.399. The van der Waals surface area contributed by atoms with Crippen LogP contribution < -0.4 is 0 Å². The van der Waals surface area contributed by atoms with Crippen molar-refractivity contribution in [2.24, 2.45) is 86.6 Å². The van der Waals surface area contributed by atoms with Crippen molar-refractivity contribution in [3.8, 4) is 0 Å². The molecule has 9 fully saturated rings. The number of hydrogen-bond acceptors (Lipinski definition) is 0. The van der Waals surface area contributed by atoms with Gasteiger partial charge in [0.25, 0.3) is 0 Å². The van der Waals surface area contributed by atoms with Gasteiger partial charge in [0.2, 0.25) is 0 Å². The maximum atomic E-state index is 2.82. The van der Waals surface area contributed by atoms with Crippen molar-refractivity contribution in [2.75, 3.05) is 0 Å². The fourth-order valence-corrected chi connectivity index (χ4v) is 22.3. The van der Waals surface area contributed by atoms with E-state index >= 15 is 0 Å². The Labute approximate surface area is 211 Å². The highest BCUT2D eigenvalue weighted by Crippen LogP contribution is 3.44. The van der Waals surface area contributed by atoms with Gasteiger partial charge in [-0.2, -0.15) is 0 Å². The number of fused-ring (bicyclic) bond motifs is 4. The molecule has 0 saturated heterocycles. The molecule has 0 bridgehead atoms. The summed E-state index contributed by atoms with van der Waals surface area (Å²) >= 11 is 0. The van der Waals surface area contributed by atoms with Gasteiger partial charge in [0, 0.05) is 0 Å². The fourth-order valence-electron chi connectivity index (χ4n) is 22.3. The van der Waals surface area contributed by atoms with Crippen molar-refractivity contribution in [3.63, 3.8) is 0 Å². The van der Waals surface area contributed by atoms with Crippen LogP contribution in [-0.2, 0) is 0 Å². The molecule has 9 saturated carbocycles. The van der Waals surface area contributed by atoms with Crippen molar-refractivity contribution < 1.29 is 0 Å². The van der Waals surface area contributed by atoms with Crippen LogP contribution >= 0.6 is 0 Å². The topological polar surface area (TPSA) is 0 Å². The van der Waals surface area contributed by atoms with Crippen LogP contribution in [0.2, 0.25) is 0 Å². The first-order chi connectivity index (χ1) is 15.0. The predicted octanol–water partition coefficient (Wildman–Crippen LogP) is 9.24. The summed E-state index contributed by atoms with van der Waals surface area (Å²) in [5, 5.41) is 0. The zero-order chi connectivity index (χ0) is 26.0. The molecule has 0 heterocycles. The van der Waals surface area contributed by atoms with Gasteiger partial charge in [0.15, 0.2) is 0 Å². The van der Waals surface area contributed by atoms with Crippen LogP contribution in [0.25, 0.3) is 0 Å². The van der Waals surface area contributed by atoms with E-state index in [0.29, 0.717) is 86.6 Å². The second-order valence-electron chi connectivity index (χ2n) is 18.5. The van der Waals surface area contributed by atoms with Gasteiger partial charge in [-0.3, -0.25) is 0 Å². The minimum Gasteiger partial charge on any atom is -0.0683 e. The van der Waals surface area contributed by atoms with Gasteiger partial charge in [-0.25, -0.2) is 0 Å². The summed E-state index contributed by atoms with van der Waals surface area (Å²) in [6.07, 6.45) is 0. The van der Waals surface area contributed by atoms with Gasteiger partial charge in [0.1, 0.15) is 0 Å². The Morgan fingerprint density at radius 3 is 0.382 bits per heavy atom. The lowest BCUT2D eigenvalue weighted by Gasteiger charge is -3.42. The molecule has 9 aliphatic rings. The number of hydrogen-bond donors (Lipinski definition) is 0. The average Bonchev–Trinajstić information content (AvgIpc) is 2.75. The monoisotopic (exact) mass is 462 g/mol. The smallest absolute Gasteiger partial charge is 0.00206 e. The van der Waals surface area contributed by atoms with E-state index in [9.17, 15) is 0 Å². The van der Waals surface area contributed by atoms with Crippen molar-refractivity contribution >= 4 is 0 Å². The molecule has 0 heteroatoms. The number of rotatable bonds is 0. The molecule has 9 rings (SSSR count). The van der Waals surface area contributed by atoms with Gasteiger partial charge in [-0.05, 0) is 86.6 Å². The molecule has 8 atom stereocenters. The van der Waals surface area contributed by atoms with Crippen LogP contribution in [0.1, 0.15) is 125 Å². The molecule has 34 heavy (non-hydrogen) atoms. The molecule has 0 aromatic rings. The second kappa shape index (κ2) is 3.67. The van der Waals surface area contributed by atoms with E-state index in [1.807, 2.05) is 13.8 Å². The summed E-state index contributed by atoms with van der Waals surface area (Å²) in [6.45, 7) is 48.3. The lowest BCUT2D eigenvalue weighted by Crippen LogP contribution is -3.40. The largest absolute Gasteiger partial charge is 0.0683 e. The molecule has 0 nitrogen and oxygen atoms in total. The van der Waals surface area contributed by atoms with Crippen LogP contribution in [0.3, 0.4) is 0 Å². The third kappa shape index (κ3) is 0.659. The summed E-state index contributed by atoms with van der Waals surface area (Å²) in [5.74, 6) is 0. The summed E-state index contributed by atoms with van der Waals surface area (Å²) in [4.78, 5) is 0. The Morgan fingerprint density at radius 2 is 0.294 bits per heavy atom. The van der Waals surface area contributed by atoms with Gasteiger partial charge < -0.3 is 0 Å². The molecule has 4 spiro atoms. The summed E-state index contributed by atoms with van der Waals surface area (Å²) < 4.78 is 0. The lowest BCUT2D eigenvalue weighted by atomic mass is 8.60. The molecule has 0 radical (unpaired) electrons. The molecule has 9 aliphatic carbocycles. The first kappa shape index (κ1) is 22.0. The Hall–Kier alpha value is 0. The molecule has 190 valence electrons. The third-order valence-corrected chi connectivity index (χ3v) is 22.2. The highest BCUT2D eigenvalue weighted by molar-refractivity contribution is 5.87. The highest BCUT2D eigenvalue weighted by Gasteiger charge is 3.42. The normalized spacial score (nSPS) is 80.6. The Bertz CT molecular complexity index is 960. The summed E-state index contributed by atoms with van der Waals surface area (Å²) in [5.41, 5.74) is 7.66. The molecular formula is C34H54. The molecule has 0 N–H and O–H groups in total. The Balaban J connectivity index is 0.000000913.